The predicted octanol–water partition coefficient (Wildman–Crippen LogP) is 7.70. The molecule has 0 radical (unpaired) electrons. The van der Waals surface area contributed by atoms with Crippen molar-refractivity contribution < 1.29 is 57.3 Å². The number of likely N-dealkylation sites (tertiary alicyclic amines) is 1. The van der Waals surface area contributed by atoms with E-state index in [2.05, 4.69) is 129 Å². The molecule has 14 rings (SSSR count). The zero-order valence-electron chi connectivity index (χ0n) is 48.0. The number of esters is 3. The summed E-state index contributed by atoms with van der Waals surface area (Å²) in [5.41, 5.74) is 13.8. The van der Waals surface area contributed by atoms with Gasteiger partial charge in [0.25, 0.3) is 0 Å². The molecule has 3 aromatic carbocycles. The maximum atomic E-state index is 12.3. The number of hydrogen-bond donors (Lipinski definition) is 3. The SMILES string of the molecule is CC(=O)[O-].COC(=O)C1=COC(C)C2CN(CCc3c[nH]c4ccccc34)CCC12.COC(=O)C1=COC(C)C2CN3CCc4c([nH]c5ccccc45)C3CC12.COC(=O)C1=COC(C)C2C[N+]3=C(C[C@@H]12)c1[nH]c2ccccc2c1CC3. The van der Waals surface area contributed by atoms with Gasteiger partial charge in [0, 0.05) is 119 Å². The van der Waals surface area contributed by atoms with E-state index in [1.807, 2.05) is 0 Å². The average molecular weight is 1120 g/mol. The lowest BCUT2D eigenvalue weighted by molar-refractivity contribution is -0.545. The van der Waals surface area contributed by atoms with Crippen LogP contribution >= 0.6 is 0 Å². The fourth-order valence-electron chi connectivity index (χ4n) is 14.5. The summed E-state index contributed by atoms with van der Waals surface area (Å²) in [4.78, 5) is 61.2. The number of methoxy groups -OCH3 is 3. The number of aliphatic carboxylic acids is 1. The van der Waals surface area contributed by atoms with Crippen LogP contribution in [0.4, 0.5) is 0 Å². The number of carbonyl (C=O) groups is 4. The molecule has 3 aromatic heterocycles. The topological polar surface area (TPSA) is 204 Å². The number of hydrogen-bond acceptors (Lipinski definition) is 13. The number of carboxylic acid groups (broad SMARTS) is 1. The molecule has 82 heavy (non-hydrogen) atoms. The first-order chi connectivity index (χ1) is 39.7. The third kappa shape index (κ3) is 11.0. The Morgan fingerprint density at radius 2 is 1.21 bits per heavy atom. The van der Waals surface area contributed by atoms with Gasteiger partial charge in [0.1, 0.15) is 24.9 Å². The maximum Gasteiger partial charge on any atom is 0.337 e. The van der Waals surface area contributed by atoms with Crippen LogP contribution in [0.5, 0.6) is 0 Å². The second kappa shape index (κ2) is 24.1. The summed E-state index contributed by atoms with van der Waals surface area (Å²) in [5.74, 6) is -0.304. The van der Waals surface area contributed by atoms with Gasteiger partial charge in [-0.15, -0.1) is 0 Å². The van der Waals surface area contributed by atoms with Gasteiger partial charge in [0.2, 0.25) is 5.71 Å². The van der Waals surface area contributed by atoms with E-state index < -0.39 is 5.97 Å². The highest BCUT2D eigenvalue weighted by Gasteiger charge is 2.49. The molecule has 2 saturated heterocycles. The van der Waals surface area contributed by atoms with Gasteiger partial charge in [-0.3, -0.25) is 4.90 Å². The van der Waals surface area contributed by atoms with Crippen molar-refractivity contribution >= 4 is 62.3 Å². The van der Waals surface area contributed by atoms with Crippen LogP contribution in [0.1, 0.15) is 81.1 Å². The summed E-state index contributed by atoms with van der Waals surface area (Å²) < 4.78 is 34.7. The summed E-state index contributed by atoms with van der Waals surface area (Å²) in [5, 5.41) is 12.9. The number of nitrogens with one attached hydrogen (secondary N) is 3. The van der Waals surface area contributed by atoms with Crippen LogP contribution in [0, 0.1) is 35.5 Å². The molecule has 17 nitrogen and oxygen atoms in total. The molecule has 10 atom stereocenters. The van der Waals surface area contributed by atoms with E-state index in [1.165, 1.54) is 87.8 Å². The second-order valence-electron chi connectivity index (χ2n) is 23.1. The minimum Gasteiger partial charge on any atom is -0.550 e. The molecular weight excluding hydrogens is 1040 g/mol. The first kappa shape index (κ1) is 56.2. The van der Waals surface area contributed by atoms with Crippen molar-refractivity contribution in [2.24, 2.45) is 35.5 Å². The summed E-state index contributed by atoms with van der Waals surface area (Å²) in [6.45, 7) is 14.2. The molecule has 3 N–H and O–H groups in total. The van der Waals surface area contributed by atoms with Gasteiger partial charge in [-0.1, -0.05) is 54.6 Å². The van der Waals surface area contributed by atoms with Crippen LogP contribution in [0.3, 0.4) is 0 Å². The van der Waals surface area contributed by atoms with Crippen molar-refractivity contribution in [2.45, 2.75) is 90.6 Å². The van der Waals surface area contributed by atoms with Crippen molar-refractivity contribution in [3.63, 3.8) is 0 Å². The monoisotopic (exact) mass is 1120 g/mol. The number of carboxylic acids is 1. The van der Waals surface area contributed by atoms with Gasteiger partial charge in [0.05, 0.1) is 81.0 Å². The Hall–Kier alpha value is -7.63. The molecule has 0 bridgehead atoms. The lowest BCUT2D eigenvalue weighted by atomic mass is 9.72. The molecule has 8 aliphatic rings. The molecule has 17 heteroatoms. The van der Waals surface area contributed by atoms with E-state index in [9.17, 15) is 14.4 Å². The number of aromatic nitrogens is 3. The fraction of sp³-hybridized carbons (Fsp3) is 0.462. The number of H-pyrrole nitrogens is 3. The van der Waals surface area contributed by atoms with Gasteiger partial charge in [-0.2, -0.15) is 0 Å². The Morgan fingerprint density at radius 1 is 0.659 bits per heavy atom. The second-order valence-corrected chi connectivity index (χ2v) is 23.1. The molecule has 2 fully saturated rings. The van der Waals surface area contributed by atoms with Crippen molar-refractivity contribution in [1.82, 2.24) is 24.8 Å². The van der Waals surface area contributed by atoms with Crippen LogP contribution in [0.2, 0.25) is 0 Å². The third-order valence-corrected chi connectivity index (χ3v) is 18.8. The van der Waals surface area contributed by atoms with Crippen LogP contribution in [-0.2, 0) is 66.9 Å². The van der Waals surface area contributed by atoms with Crippen LogP contribution < -0.4 is 5.11 Å². The highest BCUT2D eigenvalue weighted by Crippen LogP contribution is 2.48. The molecule has 6 aromatic rings. The Kier molecular flexibility index (Phi) is 16.5. The zero-order chi connectivity index (χ0) is 57.3. The van der Waals surface area contributed by atoms with E-state index in [1.54, 1.807) is 18.8 Å². The molecule has 0 aliphatic carbocycles. The Bertz CT molecular complexity index is 3510. The number of ether oxygens (including phenoxy) is 6. The van der Waals surface area contributed by atoms with Gasteiger partial charge >= 0.3 is 17.9 Å². The summed E-state index contributed by atoms with van der Waals surface area (Å²) in [6.07, 6.45) is 13.3. The van der Waals surface area contributed by atoms with Crippen molar-refractivity contribution in [3.05, 3.63) is 143 Å². The molecule has 11 heterocycles. The minimum atomic E-state index is -1.08. The quantitative estimate of drug-likeness (QED) is 0.0833. The normalized spacial score (nSPS) is 26.9. The van der Waals surface area contributed by atoms with Gasteiger partial charge < -0.3 is 58.2 Å². The summed E-state index contributed by atoms with van der Waals surface area (Å²) in [7, 11) is 4.32. The summed E-state index contributed by atoms with van der Waals surface area (Å²) >= 11 is 0. The molecule has 0 saturated carbocycles. The molecule has 0 amide bonds. The van der Waals surface area contributed by atoms with Gasteiger partial charge in [-0.05, 0) is 94.8 Å². The summed E-state index contributed by atoms with van der Waals surface area (Å²) in [6, 6.07) is 25.8. The first-order valence-corrected chi connectivity index (χ1v) is 29.1. The fourth-order valence-corrected chi connectivity index (χ4v) is 14.5. The van der Waals surface area contributed by atoms with Crippen LogP contribution in [0.15, 0.2) is 114 Å². The van der Waals surface area contributed by atoms with E-state index in [4.69, 9.17) is 38.3 Å². The van der Waals surface area contributed by atoms with Crippen LogP contribution in [-0.4, -0.2) is 144 Å². The third-order valence-electron chi connectivity index (χ3n) is 18.8. The number of rotatable bonds is 6. The molecular formula is C65H76N6O11. The molecule has 432 valence electrons. The Morgan fingerprint density at radius 3 is 1.85 bits per heavy atom. The van der Waals surface area contributed by atoms with Crippen LogP contribution in [0.25, 0.3) is 32.7 Å². The lowest BCUT2D eigenvalue weighted by Crippen LogP contribution is -2.51. The highest BCUT2D eigenvalue weighted by atomic mass is 16.5. The zero-order valence-corrected chi connectivity index (χ0v) is 48.0. The minimum absolute atomic E-state index is 0.110. The molecule has 0 spiro atoms. The highest BCUT2D eigenvalue weighted by molar-refractivity contribution is 6.04. The van der Waals surface area contributed by atoms with E-state index in [0.29, 0.717) is 40.5 Å². The Balaban J connectivity index is 0.000000125. The molecule has 8 aliphatic heterocycles. The number of aromatic amines is 3. The Labute approximate surface area is 478 Å². The number of nitrogens with zero attached hydrogens (tertiary/aromatic N) is 3. The average Bonchev–Trinajstić information content (AvgIpc) is 4.26. The van der Waals surface area contributed by atoms with Gasteiger partial charge in [-0.25, -0.2) is 19.0 Å². The lowest BCUT2D eigenvalue weighted by Gasteiger charge is -2.49. The number of fused-ring (bicyclic) bond motifs is 13. The smallest absolute Gasteiger partial charge is 0.337 e. The van der Waals surface area contributed by atoms with Crippen molar-refractivity contribution in [2.75, 3.05) is 67.1 Å². The van der Waals surface area contributed by atoms with Crippen molar-refractivity contribution in [3.8, 4) is 0 Å². The van der Waals surface area contributed by atoms with E-state index >= 15 is 0 Å². The molecule has 9 unspecified atom stereocenters. The number of carbonyl (C=O) groups excluding carboxylic acids is 4. The van der Waals surface area contributed by atoms with Crippen molar-refractivity contribution in [1.29, 1.82) is 0 Å². The van der Waals surface area contributed by atoms with Gasteiger partial charge in [0.15, 0.2) is 0 Å². The number of para-hydroxylation sites is 3. The number of piperidine rings is 2. The van der Waals surface area contributed by atoms with E-state index in [-0.39, 0.29) is 54.0 Å². The predicted molar refractivity (Wildman–Crippen MR) is 308 cm³/mol. The largest absolute Gasteiger partial charge is 0.550 e. The first-order valence-electron chi connectivity index (χ1n) is 29.1. The van der Waals surface area contributed by atoms with E-state index in [0.717, 1.165) is 91.3 Å². The maximum absolute atomic E-state index is 12.3. The number of benzene rings is 3. The standard InChI is InChI=1S/C21H24N2O3.C21H22N2O3.C21H26N2O3.C2H4O2/c2*1-12-16-10-23-8-7-14-13-5-3-4-6-18(13)22-20(14)19(23)9-15(16)17(11-26-12)21(24)25-2;1-14-18-12-23(10-8-17(18)19(13-26-14)21(24)25-2)9-7-15-11-22-20-6-4-3-5-16(15)20;1-2(3)4/h3-6,11-12,15-16,19,22H,7-10H2,1-2H3;3-6,11-12,15-16H,7-10H2,1-2H3;3-6,11,13-14,17-18,22H,7-10,12H2,1-2H3;1H3,(H,3,4)/t;12?,15-,16?;;/m.1../s1.